The van der Waals surface area contributed by atoms with Gasteiger partial charge in [0.25, 0.3) is 0 Å². The van der Waals surface area contributed by atoms with Crippen LogP contribution in [0.2, 0.25) is 0 Å². The van der Waals surface area contributed by atoms with Crippen molar-refractivity contribution in [3.63, 3.8) is 0 Å². The number of amides is 1. The molecule has 4 heterocycles. The first kappa shape index (κ1) is 19.6. The Morgan fingerprint density at radius 1 is 1.09 bits per heavy atom. The average Bonchev–Trinajstić information content (AvgIpc) is 3.53. The fourth-order valence-corrected chi connectivity index (χ4v) is 4.16. The van der Waals surface area contributed by atoms with Crippen molar-refractivity contribution in [2.24, 2.45) is 0 Å². The van der Waals surface area contributed by atoms with E-state index in [2.05, 4.69) is 63.2 Å². The zero-order valence-corrected chi connectivity index (χ0v) is 17.4. The first-order valence-corrected chi connectivity index (χ1v) is 10.4. The van der Waals surface area contributed by atoms with Gasteiger partial charge in [-0.15, -0.1) is 0 Å². The van der Waals surface area contributed by atoms with Crippen molar-refractivity contribution >= 4 is 17.1 Å². The highest BCUT2D eigenvalue weighted by molar-refractivity contribution is 5.88. The maximum Gasteiger partial charge on any atom is 0.246 e. The maximum absolute atomic E-state index is 11.8. The number of pyridine rings is 1. The number of hydrogen-bond acceptors (Lipinski definition) is 5. The lowest BCUT2D eigenvalue weighted by Gasteiger charge is -2.35. The summed E-state index contributed by atoms with van der Waals surface area (Å²) in [6.07, 6.45) is 8.47. The Morgan fingerprint density at radius 3 is 2.53 bits per heavy atom. The number of aromatic nitrogens is 4. The molecule has 0 saturated carbocycles. The lowest BCUT2D eigenvalue weighted by atomic mass is 9.99. The van der Waals surface area contributed by atoms with Crippen LogP contribution in [0.25, 0.3) is 27.8 Å². The second-order valence-electron chi connectivity index (χ2n) is 7.66. The SMILES string of the molecule is C=CC(=O)N1CCN(c2ccc(-c3cc(-c4cn[nH]c4)cn4ncc(C#N)c34)cc2)CC1. The molecule has 0 atom stereocenters. The Bertz CT molecular complexity index is 1320. The molecular weight excluding hydrogens is 402 g/mol. The van der Waals surface area contributed by atoms with Crippen molar-refractivity contribution in [3.8, 4) is 28.3 Å². The van der Waals surface area contributed by atoms with E-state index in [1.54, 1.807) is 16.9 Å². The predicted molar refractivity (Wildman–Crippen MR) is 122 cm³/mol. The number of carbonyl (C=O) groups is 1. The Hall–Kier alpha value is -4.38. The molecule has 3 aromatic heterocycles. The second-order valence-corrected chi connectivity index (χ2v) is 7.66. The lowest BCUT2D eigenvalue weighted by molar-refractivity contribution is -0.126. The Kier molecular flexibility index (Phi) is 4.92. The molecule has 5 rings (SSSR count). The third-order valence-electron chi connectivity index (χ3n) is 5.87. The first-order chi connectivity index (χ1) is 15.7. The minimum Gasteiger partial charge on any atom is -0.368 e. The molecule has 0 unspecified atom stereocenters. The summed E-state index contributed by atoms with van der Waals surface area (Å²) < 4.78 is 1.75. The molecule has 0 spiro atoms. The monoisotopic (exact) mass is 423 g/mol. The van der Waals surface area contributed by atoms with E-state index in [1.165, 1.54) is 6.08 Å². The molecule has 1 aromatic carbocycles. The summed E-state index contributed by atoms with van der Waals surface area (Å²) in [5.74, 6) is -0.0179. The summed E-state index contributed by atoms with van der Waals surface area (Å²) in [7, 11) is 0. The topological polar surface area (TPSA) is 93.3 Å². The van der Waals surface area contributed by atoms with Crippen molar-refractivity contribution in [2.45, 2.75) is 0 Å². The van der Waals surface area contributed by atoms with Crippen LogP contribution in [-0.4, -0.2) is 56.8 Å². The third kappa shape index (κ3) is 3.40. The molecular formula is C24H21N7O. The van der Waals surface area contributed by atoms with Crippen molar-refractivity contribution in [2.75, 3.05) is 31.1 Å². The van der Waals surface area contributed by atoms with Gasteiger partial charge in [0.2, 0.25) is 5.91 Å². The molecule has 1 saturated heterocycles. The summed E-state index contributed by atoms with van der Waals surface area (Å²) in [5.41, 5.74) is 6.27. The Morgan fingerprint density at radius 2 is 1.88 bits per heavy atom. The number of fused-ring (bicyclic) bond motifs is 1. The largest absolute Gasteiger partial charge is 0.368 e. The van der Waals surface area contributed by atoms with Gasteiger partial charge in [-0.1, -0.05) is 18.7 Å². The standard InChI is InChI=1S/C24H21N7O/c1-2-23(32)30-9-7-29(8-10-30)21-5-3-17(4-6-21)22-11-18(20-13-26-27-14-20)16-31-24(22)19(12-25)15-28-31/h2-6,11,13-16H,1,7-10H2,(H,26,27). The van der Waals surface area contributed by atoms with Crippen LogP contribution in [-0.2, 0) is 4.79 Å². The van der Waals surface area contributed by atoms with Crippen LogP contribution in [0.4, 0.5) is 5.69 Å². The van der Waals surface area contributed by atoms with Gasteiger partial charge in [0, 0.05) is 61.0 Å². The lowest BCUT2D eigenvalue weighted by Crippen LogP contribution is -2.48. The molecule has 1 aliphatic rings. The Balaban J connectivity index is 1.48. The van der Waals surface area contributed by atoms with Crippen LogP contribution in [0.3, 0.4) is 0 Å². The molecule has 158 valence electrons. The van der Waals surface area contributed by atoms with Gasteiger partial charge in [-0.3, -0.25) is 9.89 Å². The number of nitriles is 1. The predicted octanol–water partition coefficient (Wildman–Crippen LogP) is 3.10. The fourth-order valence-electron chi connectivity index (χ4n) is 4.16. The van der Waals surface area contributed by atoms with Gasteiger partial charge in [0.05, 0.1) is 23.5 Å². The van der Waals surface area contributed by atoms with Gasteiger partial charge in [0.1, 0.15) is 6.07 Å². The van der Waals surface area contributed by atoms with Crippen molar-refractivity contribution in [1.29, 1.82) is 5.26 Å². The van der Waals surface area contributed by atoms with E-state index in [1.807, 2.05) is 17.3 Å². The normalized spacial score (nSPS) is 13.8. The number of piperazine rings is 1. The highest BCUT2D eigenvalue weighted by atomic mass is 16.2. The summed E-state index contributed by atoms with van der Waals surface area (Å²) in [6, 6.07) is 12.6. The zero-order chi connectivity index (χ0) is 22.1. The number of carbonyl (C=O) groups excluding carboxylic acids is 1. The van der Waals surface area contributed by atoms with Gasteiger partial charge < -0.3 is 9.80 Å². The van der Waals surface area contributed by atoms with E-state index in [0.29, 0.717) is 18.7 Å². The van der Waals surface area contributed by atoms with Gasteiger partial charge in [-0.25, -0.2) is 4.52 Å². The van der Waals surface area contributed by atoms with E-state index < -0.39 is 0 Å². The Labute approximate surface area is 185 Å². The van der Waals surface area contributed by atoms with Gasteiger partial charge >= 0.3 is 0 Å². The van der Waals surface area contributed by atoms with Crippen LogP contribution in [0, 0.1) is 11.3 Å². The molecule has 0 aliphatic carbocycles. The van der Waals surface area contributed by atoms with E-state index in [9.17, 15) is 10.1 Å². The summed E-state index contributed by atoms with van der Waals surface area (Å²) in [6.45, 7) is 6.49. The fraction of sp³-hybridized carbons (Fsp3) is 0.167. The van der Waals surface area contributed by atoms with Gasteiger partial charge in [0.15, 0.2) is 0 Å². The van der Waals surface area contributed by atoms with E-state index in [4.69, 9.17) is 0 Å². The first-order valence-electron chi connectivity index (χ1n) is 10.4. The quantitative estimate of drug-likeness (QED) is 0.509. The number of nitrogens with one attached hydrogen (secondary N) is 1. The third-order valence-corrected chi connectivity index (χ3v) is 5.87. The number of benzene rings is 1. The number of nitrogens with zero attached hydrogens (tertiary/aromatic N) is 6. The number of aromatic amines is 1. The van der Waals surface area contributed by atoms with Crippen molar-refractivity contribution in [3.05, 3.63) is 73.3 Å². The smallest absolute Gasteiger partial charge is 0.246 e. The average molecular weight is 423 g/mol. The van der Waals surface area contributed by atoms with Crippen molar-refractivity contribution < 1.29 is 4.79 Å². The molecule has 4 aromatic rings. The van der Waals surface area contributed by atoms with Crippen LogP contribution >= 0.6 is 0 Å². The van der Waals surface area contributed by atoms with Crippen molar-refractivity contribution in [1.82, 2.24) is 24.7 Å². The second kappa shape index (κ2) is 8.04. The van der Waals surface area contributed by atoms with Crippen LogP contribution in [0.1, 0.15) is 5.56 Å². The molecule has 1 aliphatic heterocycles. The maximum atomic E-state index is 11.8. The van der Waals surface area contributed by atoms with Gasteiger partial charge in [-0.05, 0) is 29.8 Å². The number of H-pyrrole nitrogens is 1. The molecule has 8 nitrogen and oxygen atoms in total. The zero-order valence-electron chi connectivity index (χ0n) is 17.4. The molecule has 1 fully saturated rings. The van der Waals surface area contributed by atoms with E-state index in [-0.39, 0.29) is 5.91 Å². The molecule has 0 radical (unpaired) electrons. The van der Waals surface area contributed by atoms with E-state index >= 15 is 0 Å². The summed E-state index contributed by atoms with van der Waals surface area (Å²) in [5, 5.41) is 20.9. The molecule has 1 N–H and O–H groups in total. The number of rotatable bonds is 4. The van der Waals surface area contributed by atoms with Crippen LogP contribution in [0.5, 0.6) is 0 Å². The molecule has 0 bridgehead atoms. The molecule has 1 amide bonds. The van der Waals surface area contributed by atoms with Crippen LogP contribution in [0.15, 0.2) is 67.8 Å². The molecule has 8 heteroatoms. The molecule has 32 heavy (non-hydrogen) atoms. The summed E-state index contributed by atoms with van der Waals surface area (Å²) in [4.78, 5) is 15.9. The number of anilines is 1. The van der Waals surface area contributed by atoms with E-state index in [0.717, 1.165) is 46.5 Å². The van der Waals surface area contributed by atoms with Gasteiger partial charge in [-0.2, -0.15) is 15.5 Å². The number of hydrogen-bond donors (Lipinski definition) is 1. The highest BCUT2D eigenvalue weighted by Gasteiger charge is 2.20. The van der Waals surface area contributed by atoms with Crippen LogP contribution < -0.4 is 4.90 Å². The summed E-state index contributed by atoms with van der Waals surface area (Å²) >= 11 is 0. The minimum absolute atomic E-state index is 0.0179. The highest BCUT2D eigenvalue weighted by Crippen LogP contribution is 2.33. The minimum atomic E-state index is -0.0179.